The molecular weight excluding hydrogens is 300 g/mol. The molecule has 1 heterocycles. The Balaban J connectivity index is 1.71. The number of carbonyl (C=O) groups excluding carboxylic acids is 2. The van der Waals surface area contributed by atoms with Crippen LogP contribution in [0.1, 0.15) is 39.0 Å². The zero-order chi connectivity index (χ0) is 16.8. The largest absolute Gasteiger partial charge is 0.480 e. The summed E-state index contributed by atoms with van der Waals surface area (Å²) in [6, 6.07) is 0.287. The zero-order valence-corrected chi connectivity index (χ0v) is 13.6. The van der Waals surface area contributed by atoms with Crippen molar-refractivity contribution in [3.05, 3.63) is 0 Å². The van der Waals surface area contributed by atoms with E-state index in [1.807, 2.05) is 4.90 Å². The Morgan fingerprint density at radius 1 is 1.30 bits per heavy atom. The normalized spacial score (nSPS) is 28.0. The van der Waals surface area contributed by atoms with Crippen molar-refractivity contribution in [2.45, 2.75) is 45.1 Å². The molecule has 2 amide bonds. The van der Waals surface area contributed by atoms with E-state index >= 15 is 0 Å². The number of likely N-dealkylation sites (tertiary alicyclic amines) is 1. The lowest BCUT2D eigenvalue weighted by Gasteiger charge is -2.33. The minimum Gasteiger partial charge on any atom is -0.480 e. The van der Waals surface area contributed by atoms with Crippen LogP contribution in [0.15, 0.2) is 0 Å². The summed E-state index contributed by atoms with van der Waals surface area (Å²) in [5.74, 6) is -0.680. The van der Waals surface area contributed by atoms with Gasteiger partial charge in [0.15, 0.2) is 0 Å². The highest BCUT2D eigenvalue weighted by Crippen LogP contribution is 2.31. The minimum atomic E-state index is -1.03. The molecule has 7 nitrogen and oxygen atoms in total. The summed E-state index contributed by atoms with van der Waals surface area (Å²) >= 11 is 0. The summed E-state index contributed by atoms with van der Waals surface area (Å²) in [6.07, 6.45) is 4.63. The topological polar surface area (TPSA) is 95.9 Å². The third-order valence-electron chi connectivity index (χ3n) is 4.73. The van der Waals surface area contributed by atoms with Gasteiger partial charge in [-0.3, -0.25) is 9.59 Å². The van der Waals surface area contributed by atoms with Crippen molar-refractivity contribution >= 4 is 17.8 Å². The molecular formula is C16H26N2O5. The van der Waals surface area contributed by atoms with E-state index in [0.29, 0.717) is 6.54 Å². The molecule has 0 bridgehead atoms. The van der Waals surface area contributed by atoms with Gasteiger partial charge in [0.2, 0.25) is 11.8 Å². The third kappa shape index (κ3) is 5.20. The van der Waals surface area contributed by atoms with Crippen LogP contribution in [0.25, 0.3) is 0 Å². The highest BCUT2D eigenvalue weighted by Gasteiger charge is 2.38. The molecule has 130 valence electrons. The van der Waals surface area contributed by atoms with Crippen LogP contribution in [0.4, 0.5) is 0 Å². The second-order valence-electron chi connectivity index (χ2n) is 6.60. The fraction of sp³-hybridized carbons (Fsp3) is 0.812. The van der Waals surface area contributed by atoms with E-state index in [0.717, 1.165) is 31.6 Å². The molecule has 7 heteroatoms. The number of carbonyl (C=O) groups is 3. The van der Waals surface area contributed by atoms with E-state index in [-0.39, 0.29) is 50.0 Å². The number of nitrogens with zero attached hydrogens (tertiary/aromatic N) is 1. The lowest BCUT2D eigenvalue weighted by Crippen LogP contribution is -2.40. The summed E-state index contributed by atoms with van der Waals surface area (Å²) in [5.41, 5.74) is 0. The van der Waals surface area contributed by atoms with E-state index in [4.69, 9.17) is 9.84 Å². The predicted molar refractivity (Wildman–Crippen MR) is 82.7 cm³/mol. The number of rotatable bonds is 7. The van der Waals surface area contributed by atoms with Crippen molar-refractivity contribution in [3.8, 4) is 0 Å². The monoisotopic (exact) mass is 326 g/mol. The Morgan fingerprint density at radius 3 is 2.65 bits per heavy atom. The Kier molecular flexibility index (Phi) is 6.38. The van der Waals surface area contributed by atoms with Crippen LogP contribution in [0.5, 0.6) is 0 Å². The van der Waals surface area contributed by atoms with Gasteiger partial charge < -0.3 is 20.1 Å². The first-order chi connectivity index (χ1) is 11.0. The lowest BCUT2D eigenvalue weighted by atomic mass is 9.87. The fourth-order valence-electron chi connectivity index (χ4n) is 3.36. The summed E-state index contributed by atoms with van der Waals surface area (Å²) in [4.78, 5) is 36.5. The number of nitrogens with one attached hydrogen (secondary N) is 1. The molecule has 0 radical (unpaired) electrons. The maximum absolute atomic E-state index is 12.2. The van der Waals surface area contributed by atoms with Crippen LogP contribution in [0.2, 0.25) is 0 Å². The quantitative estimate of drug-likeness (QED) is 0.669. The molecule has 1 aliphatic heterocycles. The molecule has 0 aromatic rings. The van der Waals surface area contributed by atoms with Gasteiger partial charge in [-0.1, -0.05) is 6.92 Å². The van der Waals surface area contributed by atoms with E-state index in [9.17, 15) is 14.4 Å². The molecule has 1 unspecified atom stereocenters. The minimum absolute atomic E-state index is 0.0758. The number of amides is 2. The van der Waals surface area contributed by atoms with Crippen molar-refractivity contribution in [2.24, 2.45) is 11.8 Å². The fourth-order valence-corrected chi connectivity index (χ4v) is 3.36. The van der Waals surface area contributed by atoms with E-state index < -0.39 is 5.97 Å². The van der Waals surface area contributed by atoms with Gasteiger partial charge in [0, 0.05) is 25.6 Å². The Labute approximate surface area is 136 Å². The summed E-state index contributed by atoms with van der Waals surface area (Å²) in [7, 11) is 0. The van der Waals surface area contributed by atoms with Crippen molar-refractivity contribution < 1.29 is 24.2 Å². The highest BCUT2D eigenvalue weighted by molar-refractivity contribution is 5.89. The smallest absolute Gasteiger partial charge is 0.329 e. The van der Waals surface area contributed by atoms with Gasteiger partial charge in [-0.15, -0.1) is 0 Å². The summed E-state index contributed by atoms with van der Waals surface area (Å²) in [6.45, 7) is 2.79. The van der Waals surface area contributed by atoms with Crippen LogP contribution in [-0.2, 0) is 19.1 Å². The van der Waals surface area contributed by atoms with Gasteiger partial charge in [0.1, 0.15) is 6.61 Å². The van der Waals surface area contributed by atoms with Crippen molar-refractivity contribution in [1.82, 2.24) is 10.2 Å². The first-order valence-electron chi connectivity index (χ1n) is 8.34. The van der Waals surface area contributed by atoms with Crippen molar-refractivity contribution in [2.75, 3.05) is 26.3 Å². The molecule has 0 aromatic heterocycles. The second-order valence-corrected chi connectivity index (χ2v) is 6.60. The number of hydrogen-bond acceptors (Lipinski definition) is 4. The van der Waals surface area contributed by atoms with E-state index in [1.54, 1.807) is 0 Å². The average molecular weight is 326 g/mol. The van der Waals surface area contributed by atoms with Gasteiger partial charge in [-0.25, -0.2) is 4.79 Å². The standard InChI is InChI=1S/C16H26N2O5/c1-11-2-4-13(5-3-11)18-9-12(8-14(18)19)16(22)17-6-7-23-10-15(20)21/h11-13H,2-10H2,1H3,(H,17,22)(H,20,21). The highest BCUT2D eigenvalue weighted by atomic mass is 16.5. The van der Waals surface area contributed by atoms with Gasteiger partial charge in [0.25, 0.3) is 0 Å². The molecule has 23 heavy (non-hydrogen) atoms. The van der Waals surface area contributed by atoms with Gasteiger partial charge >= 0.3 is 5.97 Å². The van der Waals surface area contributed by atoms with Crippen LogP contribution < -0.4 is 5.32 Å². The maximum Gasteiger partial charge on any atom is 0.329 e. The first-order valence-corrected chi connectivity index (χ1v) is 8.34. The molecule has 2 aliphatic rings. The SMILES string of the molecule is CC1CCC(N2CC(C(=O)NCCOCC(=O)O)CC2=O)CC1. The molecule has 1 aliphatic carbocycles. The van der Waals surface area contributed by atoms with Gasteiger partial charge in [-0.2, -0.15) is 0 Å². The number of hydrogen-bond donors (Lipinski definition) is 2. The number of ether oxygens (including phenoxy) is 1. The molecule has 0 spiro atoms. The van der Waals surface area contributed by atoms with Crippen molar-refractivity contribution in [3.63, 3.8) is 0 Å². The number of carboxylic acid groups (broad SMARTS) is 1. The third-order valence-corrected chi connectivity index (χ3v) is 4.73. The predicted octanol–water partition coefficient (Wildman–Crippen LogP) is 0.631. The van der Waals surface area contributed by atoms with Crippen LogP contribution in [0.3, 0.4) is 0 Å². The number of aliphatic carboxylic acids is 1. The lowest BCUT2D eigenvalue weighted by molar-refractivity contribution is -0.142. The molecule has 2 rings (SSSR count). The first kappa shape index (κ1) is 17.7. The molecule has 0 aromatic carbocycles. The Morgan fingerprint density at radius 2 is 2.00 bits per heavy atom. The van der Waals surface area contributed by atoms with Gasteiger partial charge in [0.05, 0.1) is 12.5 Å². The summed E-state index contributed by atoms with van der Waals surface area (Å²) < 4.78 is 4.86. The second kappa shape index (κ2) is 8.29. The van der Waals surface area contributed by atoms with Crippen molar-refractivity contribution in [1.29, 1.82) is 0 Å². The van der Waals surface area contributed by atoms with Crippen LogP contribution in [-0.4, -0.2) is 60.1 Å². The van der Waals surface area contributed by atoms with E-state index in [1.165, 1.54) is 0 Å². The van der Waals surface area contributed by atoms with Crippen LogP contribution >= 0.6 is 0 Å². The maximum atomic E-state index is 12.2. The zero-order valence-electron chi connectivity index (χ0n) is 13.6. The molecule has 2 fully saturated rings. The molecule has 2 N–H and O–H groups in total. The Bertz CT molecular complexity index is 446. The van der Waals surface area contributed by atoms with Crippen LogP contribution in [0, 0.1) is 11.8 Å². The van der Waals surface area contributed by atoms with E-state index in [2.05, 4.69) is 12.2 Å². The van der Waals surface area contributed by atoms with Gasteiger partial charge in [-0.05, 0) is 31.6 Å². The summed E-state index contributed by atoms with van der Waals surface area (Å²) in [5, 5.41) is 11.2. The average Bonchev–Trinajstić information content (AvgIpc) is 2.89. The molecule has 1 saturated heterocycles. The number of carboxylic acids is 1. The molecule has 1 saturated carbocycles. The molecule has 1 atom stereocenters. The Hall–Kier alpha value is -1.63.